The van der Waals surface area contributed by atoms with Crippen molar-refractivity contribution in [1.29, 1.82) is 0 Å². The van der Waals surface area contributed by atoms with Crippen LogP contribution in [0, 0.1) is 6.92 Å². The molecule has 0 atom stereocenters. The molecule has 0 bridgehead atoms. The normalized spacial score (nSPS) is 10.5. The molecule has 5 nitrogen and oxygen atoms in total. The third kappa shape index (κ3) is 6.03. The first-order valence-electron chi connectivity index (χ1n) is 8.96. The average Bonchev–Trinajstić information content (AvgIpc) is 3.17. The van der Waals surface area contributed by atoms with Gasteiger partial charge in [-0.1, -0.05) is 12.1 Å². The van der Waals surface area contributed by atoms with Crippen molar-refractivity contribution in [1.82, 2.24) is 4.98 Å². The molecule has 3 aromatic rings. The molecule has 0 aliphatic rings. The molecule has 0 fully saturated rings. The number of nitrogens with zero attached hydrogens (tertiary/aromatic N) is 1. The molecule has 1 aromatic carbocycles. The van der Waals surface area contributed by atoms with E-state index in [4.69, 9.17) is 9.47 Å². The van der Waals surface area contributed by atoms with Gasteiger partial charge < -0.3 is 9.47 Å². The van der Waals surface area contributed by atoms with Gasteiger partial charge in [-0.3, -0.25) is 14.6 Å². The second-order valence-corrected chi connectivity index (χ2v) is 7.57. The molecule has 0 aliphatic carbocycles. The molecule has 2 heterocycles. The second kappa shape index (κ2) is 9.80. The molecule has 28 heavy (non-hydrogen) atoms. The highest BCUT2D eigenvalue weighted by Gasteiger charge is 2.12. The van der Waals surface area contributed by atoms with Crippen LogP contribution in [0.3, 0.4) is 0 Å². The number of rotatable bonds is 9. The van der Waals surface area contributed by atoms with Gasteiger partial charge in [-0.2, -0.15) is 0 Å². The topological polar surface area (TPSA) is 65.5 Å². The summed E-state index contributed by atoms with van der Waals surface area (Å²) in [5.41, 5.74) is 1.91. The van der Waals surface area contributed by atoms with Crippen molar-refractivity contribution in [2.45, 2.75) is 33.0 Å². The van der Waals surface area contributed by atoms with Crippen molar-refractivity contribution >= 4 is 23.1 Å². The Bertz CT molecular complexity index is 919. The number of Topliss-reactive ketones (excluding diaryl/α,β-unsaturated/α-hetero) is 1. The van der Waals surface area contributed by atoms with E-state index in [1.165, 1.54) is 11.3 Å². The van der Waals surface area contributed by atoms with Gasteiger partial charge in [-0.15, -0.1) is 11.3 Å². The Labute approximate surface area is 168 Å². The summed E-state index contributed by atoms with van der Waals surface area (Å²) >= 11 is 1.44. The number of benzene rings is 1. The fourth-order valence-electron chi connectivity index (χ4n) is 2.49. The number of carbonyl (C=O) groups excluding carboxylic acids is 2. The Kier molecular flexibility index (Phi) is 6.92. The van der Waals surface area contributed by atoms with Crippen LogP contribution in [0.1, 0.15) is 38.5 Å². The Morgan fingerprint density at radius 1 is 0.893 bits per heavy atom. The minimum Gasteiger partial charge on any atom is -0.489 e. The van der Waals surface area contributed by atoms with Gasteiger partial charge in [0.25, 0.3) is 0 Å². The largest absolute Gasteiger partial charge is 0.489 e. The number of aromatic nitrogens is 1. The van der Waals surface area contributed by atoms with Crippen LogP contribution in [0.25, 0.3) is 0 Å². The van der Waals surface area contributed by atoms with Crippen LogP contribution in [-0.2, 0) is 22.7 Å². The standard InChI is InChI=1S/C22H21NO4S/c1-16-2-8-21(28-16)20(24)7-9-22(25)27-15-17-3-5-19(6-4-17)26-14-18-10-12-23-13-11-18/h2-6,8,10-13H,7,9,14-15H2,1H3. The maximum atomic E-state index is 12.0. The molecular formula is C22H21NO4S. The monoisotopic (exact) mass is 395 g/mol. The van der Waals surface area contributed by atoms with Crippen LogP contribution < -0.4 is 4.74 Å². The van der Waals surface area contributed by atoms with E-state index in [9.17, 15) is 9.59 Å². The van der Waals surface area contributed by atoms with E-state index >= 15 is 0 Å². The van der Waals surface area contributed by atoms with Crippen molar-refractivity contribution in [3.63, 3.8) is 0 Å². The number of esters is 1. The van der Waals surface area contributed by atoms with Crippen molar-refractivity contribution < 1.29 is 19.1 Å². The number of thiophene rings is 1. The molecule has 0 radical (unpaired) electrons. The molecule has 0 amide bonds. The molecule has 0 N–H and O–H groups in total. The Morgan fingerprint density at radius 2 is 1.61 bits per heavy atom. The van der Waals surface area contributed by atoms with E-state index in [1.807, 2.05) is 49.4 Å². The van der Waals surface area contributed by atoms with Gasteiger partial charge in [0.05, 0.1) is 11.3 Å². The van der Waals surface area contributed by atoms with E-state index in [0.717, 1.165) is 21.8 Å². The lowest BCUT2D eigenvalue weighted by atomic mass is 10.2. The maximum absolute atomic E-state index is 12.0. The summed E-state index contributed by atoms with van der Waals surface area (Å²) < 4.78 is 11.0. The van der Waals surface area contributed by atoms with Crippen LogP contribution in [0.2, 0.25) is 0 Å². The molecule has 0 saturated heterocycles. The third-order valence-corrected chi connectivity index (χ3v) is 5.09. The van der Waals surface area contributed by atoms with Gasteiger partial charge >= 0.3 is 5.97 Å². The van der Waals surface area contributed by atoms with Crippen molar-refractivity contribution in [2.75, 3.05) is 0 Å². The SMILES string of the molecule is Cc1ccc(C(=O)CCC(=O)OCc2ccc(OCc3ccncc3)cc2)s1. The van der Waals surface area contributed by atoms with Crippen molar-refractivity contribution in [2.24, 2.45) is 0 Å². The summed E-state index contributed by atoms with van der Waals surface area (Å²) in [6.45, 7) is 2.59. The molecular weight excluding hydrogens is 374 g/mol. The van der Waals surface area contributed by atoms with Crippen LogP contribution in [0.4, 0.5) is 0 Å². The summed E-state index contributed by atoms with van der Waals surface area (Å²) in [5, 5.41) is 0. The smallest absolute Gasteiger partial charge is 0.306 e. The van der Waals surface area contributed by atoms with Gasteiger partial charge in [0, 0.05) is 23.7 Å². The van der Waals surface area contributed by atoms with Crippen LogP contribution >= 0.6 is 11.3 Å². The van der Waals surface area contributed by atoms with Gasteiger partial charge in [0.2, 0.25) is 0 Å². The molecule has 144 valence electrons. The molecule has 2 aromatic heterocycles. The van der Waals surface area contributed by atoms with Gasteiger partial charge in [-0.05, 0) is 54.4 Å². The number of pyridine rings is 1. The lowest BCUT2D eigenvalue weighted by Crippen LogP contribution is -2.07. The Morgan fingerprint density at radius 3 is 2.29 bits per heavy atom. The number of aryl methyl sites for hydroxylation is 1. The highest BCUT2D eigenvalue weighted by atomic mass is 32.1. The number of ether oxygens (including phenoxy) is 2. The van der Waals surface area contributed by atoms with Crippen LogP contribution in [-0.4, -0.2) is 16.7 Å². The summed E-state index contributed by atoms with van der Waals surface area (Å²) in [6, 6.07) is 14.9. The highest BCUT2D eigenvalue weighted by Crippen LogP contribution is 2.18. The first-order valence-corrected chi connectivity index (χ1v) is 9.78. The zero-order valence-corrected chi connectivity index (χ0v) is 16.4. The summed E-state index contributed by atoms with van der Waals surface area (Å²) in [7, 11) is 0. The van der Waals surface area contributed by atoms with Gasteiger partial charge in [-0.25, -0.2) is 0 Å². The van der Waals surface area contributed by atoms with Gasteiger partial charge in [0.1, 0.15) is 19.0 Å². The number of carbonyl (C=O) groups is 2. The fraction of sp³-hybridized carbons (Fsp3) is 0.227. The second-order valence-electron chi connectivity index (χ2n) is 6.28. The first kappa shape index (κ1) is 19.8. The van der Waals surface area contributed by atoms with Crippen LogP contribution in [0.5, 0.6) is 5.75 Å². The zero-order chi connectivity index (χ0) is 19.8. The Balaban J connectivity index is 1.39. The summed E-state index contributed by atoms with van der Waals surface area (Å²) in [4.78, 5) is 29.6. The van der Waals surface area contributed by atoms with Gasteiger partial charge in [0.15, 0.2) is 5.78 Å². The predicted octanol–water partition coefficient (Wildman–Crippen LogP) is 4.74. The molecule has 6 heteroatoms. The third-order valence-electron chi connectivity index (χ3n) is 4.05. The van der Waals surface area contributed by atoms with E-state index < -0.39 is 0 Å². The van der Waals surface area contributed by atoms with Crippen molar-refractivity contribution in [3.8, 4) is 5.75 Å². The summed E-state index contributed by atoms with van der Waals surface area (Å²) in [5.74, 6) is 0.342. The molecule has 0 unspecified atom stereocenters. The number of hydrogen-bond donors (Lipinski definition) is 0. The maximum Gasteiger partial charge on any atom is 0.306 e. The first-order chi connectivity index (χ1) is 13.6. The fourth-order valence-corrected chi connectivity index (χ4v) is 3.32. The van der Waals surface area contributed by atoms with Crippen LogP contribution in [0.15, 0.2) is 60.9 Å². The quantitative estimate of drug-likeness (QED) is 0.387. The van der Waals surface area contributed by atoms with Crippen molar-refractivity contribution in [3.05, 3.63) is 81.8 Å². The molecule has 0 saturated carbocycles. The summed E-state index contributed by atoms with van der Waals surface area (Å²) in [6.07, 6.45) is 3.71. The minimum absolute atomic E-state index is 0.0225. The van der Waals surface area contributed by atoms with E-state index in [-0.39, 0.29) is 31.2 Å². The number of hydrogen-bond acceptors (Lipinski definition) is 6. The Hall–Kier alpha value is -2.99. The highest BCUT2D eigenvalue weighted by molar-refractivity contribution is 7.14. The predicted molar refractivity (Wildman–Crippen MR) is 107 cm³/mol. The van der Waals surface area contributed by atoms with E-state index in [0.29, 0.717) is 11.5 Å². The van der Waals surface area contributed by atoms with E-state index in [1.54, 1.807) is 18.5 Å². The average molecular weight is 395 g/mol. The van der Waals surface area contributed by atoms with E-state index in [2.05, 4.69) is 4.98 Å². The molecule has 3 rings (SSSR count). The zero-order valence-electron chi connectivity index (χ0n) is 15.6. The molecule has 0 aliphatic heterocycles. The molecule has 0 spiro atoms. The lowest BCUT2D eigenvalue weighted by Gasteiger charge is -2.08. The number of ketones is 1. The lowest BCUT2D eigenvalue weighted by molar-refractivity contribution is -0.144. The minimum atomic E-state index is -0.375.